The van der Waals surface area contributed by atoms with Crippen molar-refractivity contribution in [3.63, 3.8) is 0 Å². The molecule has 8 heteroatoms. The number of hydrogen-bond acceptors (Lipinski definition) is 4. The Bertz CT molecular complexity index is 1300. The third-order valence-electron chi connectivity index (χ3n) is 9.50. The quantitative estimate of drug-likeness (QED) is 0.501. The first-order valence-corrected chi connectivity index (χ1v) is 16.0. The second-order valence-corrected chi connectivity index (χ2v) is 14.2. The Morgan fingerprint density at radius 3 is 2.05 bits per heavy atom. The van der Waals surface area contributed by atoms with E-state index in [-0.39, 0.29) is 24.4 Å². The van der Waals surface area contributed by atoms with Gasteiger partial charge in [0.1, 0.15) is 12.6 Å². The number of benzene rings is 2. The molecular weight excluding hydrogens is 510 g/mol. The van der Waals surface area contributed by atoms with E-state index in [1.54, 1.807) is 6.92 Å². The Kier molecular flexibility index (Phi) is 7.53. The number of aryl methyl sites for hydroxylation is 1. The van der Waals surface area contributed by atoms with Gasteiger partial charge in [-0.3, -0.25) is 13.9 Å². The number of amides is 2. The first kappa shape index (κ1) is 27.7. The maximum absolute atomic E-state index is 13.7. The summed E-state index contributed by atoms with van der Waals surface area (Å²) in [6, 6.07) is 14.8. The van der Waals surface area contributed by atoms with Crippen molar-refractivity contribution in [2.75, 3.05) is 24.2 Å². The van der Waals surface area contributed by atoms with Crippen LogP contribution in [0.2, 0.25) is 0 Å². The monoisotopic (exact) mass is 551 g/mol. The van der Waals surface area contributed by atoms with Crippen molar-refractivity contribution in [2.45, 2.75) is 70.4 Å². The molecule has 0 heterocycles. The summed E-state index contributed by atoms with van der Waals surface area (Å²) in [5, 5.41) is 2.61. The van der Waals surface area contributed by atoms with E-state index in [1.165, 1.54) is 60.3 Å². The molecule has 0 spiro atoms. The Hall–Kier alpha value is -2.87. The lowest BCUT2D eigenvalue weighted by Crippen LogP contribution is -2.50. The number of sulfonamides is 1. The Balaban J connectivity index is 1.39. The van der Waals surface area contributed by atoms with Gasteiger partial charge in [-0.2, -0.15) is 0 Å². The highest BCUT2D eigenvalue weighted by Crippen LogP contribution is 2.60. The van der Waals surface area contributed by atoms with Crippen molar-refractivity contribution in [1.82, 2.24) is 10.2 Å². The number of hydrogen-bond donors (Lipinski definition) is 1. The summed E-state index contributed by atoms with van der Waals surface area (Å²) in [5.74, 6) is 1.74. The van der Waals surface area contributed by atoms with Crippen LogP contribution in [-0.4, -0.2) is 51.0 Å². The fourth-order valence-electron chi connectivity index (χ4n) is 7.82. The molecule has 0 unspecified atom stereocenters. The van der Waals surface area contributed by atoms with Gasteiger partial charge < -0.3 is 10.2 Å². The highest BCUT2D eigenvalue weighted by molar-refractivity contribution is 7.92. The summed E-state index contributed by atoms with van der Waals surface area (Å²) in [7, 11) is -2.22. The Labute approximate surface area is 233 Å². The Morgan fingerprint density at radius 2 is 1.54 bits per heavy atom. The number of rotatable bonds is 9. The summed E-state index contributed by atoms with van der Waals surface area (Å²) < 4.78 is 27.1. The molecule has 4 bridgehead atoms. The van der Waals surface area contributed by atoms with Crippen LogP contribution in [0.4, 0.5) is 5.69 Å². The Morgan fingerprint density at radius 1 is 0.974 bits per heavy atom. The molecule has 7 nitrogen and oxygen atoms in total. The molecule has 0 saturated heterocycles. The maximum atomic E-state index is 13.7. The van der Waals surface area contributed by atoms with Crippen LogP contribution in [0.15, 0.2) is 48.5 Å². The van der Waals surface area contributed by atoms with Crippen molar-refractivity contribution in [3.8, 4) is 0 Å². The topological polar surface area (TPSA) is 86.8 Å². The molecule has 6 rings (SSSR count). The number of anilines is 1. The molecule has 39 heavy (non-hydrogen) atoms. The first-order chi connectivity index (χ1) is 18.5. The smallest absolute Gasteiger partial charge is 0.244 e. The minimum atomic E-state index is -3.75. The number of carbonyl (C=O) groups excluding carboxylic acids is 2. The zero-order valence-corrected chi connectivity index (χ0v) is 24.3. The van der Waals surface area contributed by atoms with Crippen LogP contribution < -0.4 is 9.62 Å². The number of nitrogens with one attached hydrogen (secondary N) is 1. The van der Waals surface area contributed by atoms with Crippen molar-refractivity contribution in [1.29, 1.82) is 0 Å². The van der Waals surface area contributed by atoms with E-state index >= 15 is 0 Å². The molecule has 4 fully saturated rings. The predicted octanol–water partition coefficient (Wildman–Crippen LogP) is 4.39. The second-order valence-electron chi connectivity index (χ2n) is 12.3. The molecule has 210 valence electrons. The van der Waals surface area contributed by atoms with Crippen molar-refractivity contribution >= 4 is 27.5 Å². The molecule has 0 aromatic heterocycles. The van der Waals surface area contributed by atoms with Gasteiger partial charge in [-0.25, -0.2) is 8.42 Å². The molecule has 2 amide bonds. The predicted molar refractivity (Wildman–Crippen MR) is 154 cm³/mol. The van der Waals surface area contributed by atoms with Gasteiger partial charge in [-0.05, 0) is 104 Å². The van der Waals surface area contributed by atoms with E-state index in [2.05, 4.69) is 17.4 Å². The average Bonchev–Trinajstić information content (AvgIpc) is 2.89. The summed E-state index contributed by atoms with van der Waals surface area (Å²) in [6.45, 7) is 3.46. The fourth-order valence-corrected chi connectivity index (χ4v) is 8.67. The molecule has 1 N–H and O–H groups in total. The molecule has 2 aromatic carbocycles. The van der Waals surface area contributed by atoms with Crippen LogP contribution in [0.25, 0.3) is 0 Å². The summed E-state index contributed by atoms with van der Waals surface area (Å²) in [5.41, 5.74) is 3.90. The van der Waals surface area contributed by atoms with Gasteiger partial charge in [-0.15, -0.1) is 0 Å². The maximum Gasteiger partial charge on any atom is 0.244 e. The zero-order valence-electron chi connectivity index (χ0n) is 23.5. The molecule has 0 radical (unpaired) electrons. The van der Waals surface area contributed by atoms with Crippen LogP contribution in [0, 0.1) is 24.7 Å². The first-order valence-electron chi connectivity index (χ1n) is 14.1. The van der Waals surface area contributed by atoms with E-state index in [0.717, 1.165) is 35.1 Å². The summed E-state index contributed by atoms with van der Waals surface area (Å²) >= 11 is 0. The van der Waals surface area contributed by atoms with Gasteiger partial charge in [0.2, 0.25) is 21.8 Å². The number of nitrogens with zero attached hydrogens (tertiary/aromatic N) is 2. The van der Waals surface area contributed by atoms with E-state index in [4.69, 9.17) is 0 Å². The highest BCUT2D eigenvalue weighted by atomic mass is 32.2. The molecule has 2 aromatic rings. The molecule has 4 saturated carbocycles. The molecule has 4 aliphatic rings. The molecular formula is C31H41N3O4S. The van der Waals surface area contributed by atoms with Gasteiger partial charge in [-0.1, -0.05) is 36.4 Å². The van der Waals surface area contributed by atoms with Crippen LogP contribution in [0.1, 0.15) is 62.1 Å². The normalized spacial score (nSPS) is 26.2. The fraction of sp³-hybridized carbons (Fsp3) is 0.548. The standard InChI is InChI=1S/C31H41N3O4S/c1-21-7-5-6-8-26(21)19-33(22(2)30(36)32-3)29(35)20-34(39(4,37)38)28-11-9-27(10-12-28)31-16-23-13-24(17-31)15-25(14-23)18-31/h5-12,22-25H,13-20H2,1-4H3,(H,32,36)/t22-,23?,24?,25?,31?/m0/s1. The van der Waals surface area contributed by atoms with Gasteiger partial charge in [0.25, 0.3) is 0 Å². The summed E-state index contributed by atoms with van der Waals surface area (Å²) in [4.78, 5) is 27.7. The van der Waals surface area contributed by atoms with Crippen LogP contribution >= 0.6 is 0 Å². The number of carbonyl (C=O) groups is 2. The third-order valence-corrected chi connectivity index (χ3v) is 10.6. The second kappa shape index (κ2) is 10.6. The SMILES string of the molecule is CNC(=O)[C@H](C)N(Cc1ccccc1C)C(=O)CN(c1ccc(C23CC4CC(CC(C4)C2)C3)cc1)S(C)(=O)=O. The molecule has 1 atom stereocenters. The lowest BCUT2D eigenvalue weighted by molar-refractivity contribution is -0.139. The highest BCUT2D eigenvalue weighted by Gasteiger charge is 2.51. The molecule has 0 aliphatic heterocycles. The van der Waals surface area contributed by atoms with Crippen molar-refractivity contribution in [2.24, 2.45) is 17.8 Å². The minimum absolute atomic E-state index is 0.211. The van der Waals surface area contributed by atoms with Gasteiger partial charge in [0, 0.05) is 13.6 Å². The number of likely N-dealkylation sites (N-methyl/N-ethyl adjacent to an activating group) is 1. The van der Waals surface area contributed by atoms with Crippen LogP contribution in [-0.2, 0) is 31.6 Å². The molecule has 4 aliphatic carbocycles. The zero-order chi connectivity index (χ0) is 27.9. The van der Waals surface area contributed by atoms with Crippen LogP contribution in [0.5, 0.6) is 0 Å². The van der Waals surface area contributed by atoms with Crippen molar-refractivity contribution < 1.29 is 18.0 Å². The van der Waals surface area contributed by atoms with Gasteiger partial charge in [0.05, 0.1) is 11.9 Å². The van der Waals surface area contributed by atoms with E-state index in [1.807, 2.05) is 43.3 Å². The summed E-state index contributed by atoms with van der Waals surface area (Å²) in [6.07, 6.45) is 8.94. The van der Waals surface area contributed by atoms with Crippen LogP contribution in [0.3, 0.4) is 0 Å². The van der Waals surface area contributed by atoms with E-state index in [0.29, 0.717) is 5.69 Å². The lowest BCUT2D eigenvalue weighted by atomic mass is 9.48. The van der Waals surface area contributed by atoms with Crippen molar-refractivity contribution in [3.05, 3.63) is 65.2 Å². The third kappa shape index (κ3) is 5.58. The van der Waals surface area contributed by atoms with Gasteiger partial charge >= 0.3 is 0 Å². The lowest BCUT2D eigenvalue weighted by Gasteiger charge is -2.57. The van der Waals surface area contributed by atoms with Gasteiger partial charge in [0.15, 0.2) is 0 Å². The minimum Gasteiger partial charge on any atom is -0.357 e. The van der Waals surface area contributed by atoms with E-state index in [9.17, 15) is 18.0 Å². The van der Waals surface area contributed by atoms with E-state index < -0.39 is 22.0 Å². The largest absolute Gasteiger partial charge is 0.357 e. The average molecular weight is 552 g/mol.